The minimum absolute atomic E-state index is 0.0805. The summed E-state index contributed by atoms with van der Waals surface area (Å²) < 4.78 is 5.38. The summed E-state index contributed by atoms with van der Waals surface area (Å²) in [6.45, 7) is 1.71. The summed E-state index contributed by atoms with van der Waals surface area (Å²) >= 11 is 0. The van der Waals surface area contributed by atoms with E-state index in [9.17, 15) is 14.4 Å². The van der Waals surface area contributed by atoms with Crippen molar-refractivity contribution in [3.63, 3.8) is 0 Å². The monoisotopic (exact) mass is 278 g/mol. The quantitative estimate of drug-likeness (QED) is 0.476. The van der Waals surface area contributed by atoms with E-state index in [1.807, 2.05) is 0 Å². The fourth-order valence-corrected chi connectivity index (χ4v) is 2.40. The highest BCUT2D eigenvalue weighted by Crippen LogP contribution is 2.32. The highest BCUT2D eigenvalue weighted by Gasteiger charge is 2.35. The molecule has 0 N–H and O–H groups in total. The average Bonchev–Trinajstić information content (AvgIpc) is 2.96. The zero-order valence-corrected chi connectivity index (χ0v) is 11.6. The topological polar surface area (TPSA) is 64.3 Å². The van der Waals surface area contributed by atoms with Crippen molar-refractivity contribution >= 4 is 30.8 Å². The number of ketones is 3. The highest BCUT2D eigenvalue weighted by atomic mass is 16.3. The maximum absolute atomic E-state index is 12.5. The SMILES string of the molecule is BC1=C(C)c2occ(C(=O)c3ccccc3)c2C(=O)C1=O. The Morgan fingerprint density at radius 3 is 2.43 bits per heavy atom. The number of hydrogen-bond acceptors (Lipinski definition) is 4. The molecule has 0 saturated carbocycles. The molecule has 1 heterocycles. The number of allylic oxidation sites excluding steroid dienone is 2. The number of carbonyl (C=O) groups excluding carboxylic acids is 3. The van der Waals surface area contributed by atoms with Gasteiger partial charge in [-0.1, -0.05) is 30.3 Å². The van der Waals surface area contributed by atoms with E-state index in [1.165, 1.54) is 6.26 Å². The van der Waals surface area contributed by atoms with Gasteiger partial charge in [0.25, 0.3) is 0 Å². The second kappa shape index (κ2) is 4.70. The van der Waals surface area contributed by atoms with Crippen LogP contribution in [0.3, 0.4) is 0 Å². The standard InChI is InChI=1S/C16H11BO4/c1-8-12(17)15(20)14(19)11-10(7-21-16(8)11)13(18)9-5-3-2-4-6-9/h2-7H,17H2,1H3. The van der Waals surface area contributed by atoms with Crippen molar-refractivity contribution in [1.82, 2.24) is 0 Å². The summed E-state index contributed by atoms with van der Waals surface area (Å²) in [4.78, 5) is 36.6. The minimum atomic E-state index is -0.680. The number of carbonyl (C=O) groups is 3. The molecule has 0 saturated heterocycles. The molecule has 2 aromatic rings. The van der Waals surface area contributed by atoms with E-state index in [2.05, 4.69) is 0 Å². The summed E-state index contributed by atoms with van der Waals surface area (Å²) in [5, 5.41) is 0. The number of furan rings is 1. The number of hydrogen-bond donors (Lipinski definition) is 0. The van der Waals surface area contributed by atoms with Crippen molar-refractivity contribution in [3.05, 3.63) is 64.5 Å². The molecule has 0 atom stereocenters. The van der Waals surface area contributed by atoms with Gasteiger partial charge in [0.15, 0.2) is 5.78 Å². The second-order valence-electron chi connectivity index (χ2n) is 4.96. The third kappa shape index (κ3) is 1.89. The lowest BCUT2D eigenvalue weighted by Crippen LogP contribution is -2.24. The lowest BCUT2D eigenvalue weighted by molar-refractivity contribution is -0.111. The Morgan fingerprint density at radius 1 is 1.10 bits per heavy atom. The van der Waals surface area contributed by atoms with Crippen LogP contribution in [-0.2, 0) is 4.79 Å². The molecule has 3 rings (SSSR count). The van der Waals surface area contributed by atoms with Gasteiger partial charge in [-0.3, -0.25) is 14.4 Å². The van der Waals surface area contributed by atoms with Gasteiger partial charge in [0.1, 0.15) is 19.9 Å². The second-order valence-corrected chi connectivity index (χ2v) is 4.96. The molecular weight excluding hydrogens is 267 g/mol. The molecule has 5 heteroatoms. The zero-order valence-electron chi connectivity index (χ0n) is 11.6. The lowest BCUT2D eigenvalue weighted by Gasteiger charge is -2.13. The molecule has 102 valence electrons. The van der Waals surface area contributed by atoms with Crippen LogP contribution < -0.4 is 0 Å². The van der Waals surface area contributed by atoms with Crippen molar-refractivity contribution in [2.45, 2.75) is 6.92 Å². The third-order valence-electron chi connectivity index (χ3n) is 3.75. The molecule has 0 radical (unpaired) electrons. The summed E-state index contributed by atoms with van der Waals surface area (Å²) in [6.07, 6.45) is 1.26. The van der Waals surface area contributed by atoms with Crippen LogP contribution in [0.2, 0.25) is 0 Å². The first-order valence-corrected chi connectivity index (χ1v) is 6.50. The Hall–Kier alpha value is -2.69. The van der Waals surface area contributed by atoms with Crippen LogP contribution in [0.1, 0.15) is 39.0 Å². The van der Waals surface area contributed by atoms with Gasteiger partial charge < -0.3 is 4.42 Å². The Bertz CT molecular complexity index is 812. The molecule has 0 bridgehead atoms. The van der Waals surface area contributed by atoms with Crippen molar-refractivity contribution in [3.8, 4) is 0 Å². The number of benzene rings is 1. The largest absolute Gasteiger partial charge is 0.463 e. The summed E-state index contributed by atoms with van der Waals surface area (Å²) in [6, 6.07) is 8.59. The fourth-order valence-electron chi connectivity index (χ4n) is 2.40. The Kier molecular flexibility index (Phi) is 2.98. The van der Waals surface area contributed by atoms with E-state index in [1.54, 1.807) is 45.1 Å². The Morgan fingerprint density at radius 2 is 1.76 bits per heavy atom. The molecule has 0 spiro atoms. The first-order chi connectivity index (χ1) is 10.0. The molecule has 0 unspecified atom stereocenters. The van der Waals surface area contributed by atoms with E-state index in [0.29, 0.717) is 22.4 Å². The van der Waals surface area contributed by atoms with Gasteiger partial charge in [0, 0.05) is 5.56 Å². The maximum atomic E-state index is 12.5. The van der Waals surface area contributed by atoms with Gasteiger partial charge in [-0.05, 0) is 18.0 Å². The first kappa shape index (κ1) is 13.3. The minimum Gasteiger partial charge on any atom is -0.463 e. The number of fused-ring (bicyclic) bond motifs is 1. The fraction of sp³-hybridized carbons (Fsp3) is 0.0625. The summed E-state index contributed by atoms with van der Waals surface area (Å²) in [5.41, 5.74) is 1.63. The summed E-state index contributed by atoms with van der Waals surface area (Å²) in [5.74, 6) is -1.27. The smallest absolute Gasteiger partial charge is 0.236 e. The van der Waals surface area contributed by atoms with Crippen LogP contribution in [0.4, 0.5) is 0 Å². The predicted molar refractivity (Wildman–Crippen MR) is 79.1 cm³/mol. The van der Waals surface area contributed by atoms with Gasteiger partial charge in [-0.25, -0.2) is 0 Å². The van der Waals surface area contributed by atoms with Crippen LogP contribution in [-0.4, -0.2) is 25.2 Å². The molecule has 0 aliphatic heterocycles. The van der Waals surface area contributed by atoms with Crippen molar-refractivity contribution in [2.24, 2.45) is 0 Å². The molecular formula is C16H11BO4. The van der Waals surface area contributed by atoms with E-state index in [-0.39, 0.29) is 16.9 Å². The van der Waals surface area contributed by atoms with Crippen LogP contribution in [0, 0.1) is 0 Å². The van der Waals surface area contributed by atoms with Gasteiger partial charge in [0.2, 0.25) is 11.6 Å². The average molecular weight is 278 g/mol. The van der Waals surface area contributed by atoms with Gasteiger partial charge in [-0.2, -0.15) is 0 Å². The van der Waals surface area contributed by atoms with E-state index in [0.717, 1.165) is 0 Å². The van der Waals surface area contributed by atoms with Crippen LogP contribution >= 0.6 is 0 Å². The van der Waals surface area contributed by atoms with Gasteiger partial charge in [0.05, 0.1) is 11.1 Å². The molecule has 1 aromatic heterocycles. The molecule has 0 amide bonds. The maximum Gasteiger partial charge on any atom is 0.236 e. The van der Waals surface area contributed by atoms with Gasteiger partial charge >= 0.3 is 0 Å². The predicted octanol–water partition coefficient (Wildman–Crippen LogP) is 1.64. The molecule has 4 nitrogen and oxygen atoms in total. The first-order valence-electron chi connectivity index (χ1n) is 6.50. The van der Waals surface area contributed by atoms with E-state index in [4.69, 9.17) is 4.42 Å². The Balaban J connectivity index is 2.18. The molecule has 1 aromatic carbocycles. The third-order valence-corrected chi connectivity index (χ3v) is 3.75. The van der Waals surface area contributed by atoms with Crippen molar-refractivity contribution in [2.75, 3.05) is 0 Å². The van der Waals surface area contributed by atoms with Crippen LogP contribution in [0.15, 0.2) is 46.5 Å². The van der Waals surface area contributed by atoms with Crippen LogP contribution in [0.25, 0.3) is 5.57 Å². The molecule has 1 aliphatic rings. The zero-order chi connectivity index (χ0) is 15.1. The highest BCUT2D eigenvalue weighted by molar-refractivity contribution is 6.62. The number of Topliss-reactive ketones (excluding diaryl/α,β-unsaturated/α-hetero) is 2. The van der Waals surface area contributed by atoms with E-state index < -0.39 is 11.6 Å². The number of rotatable bonds is 2. The molecule has 1 aliphatic carbocycles. The lowest BCUT2D eigenvalue weighted by atomic mass is 9.77. The van der Waals surface area contributed by atoms with Crippen LogP contribution in [0.5, 0.6) is 0 Å². The normalized spacial score (nSPS) is 14.3. The van der Waals surface area contributed by atoms with Gasteiger partial charge in [-0.15, -0.1) is 0 Å². The van der Waals surface area contributed by atoms with Crippen molar-refractivity contribution < 1.29 is 18.8 Å². The summed E-state index contributed by atoms with van der Waals surface area (Å²) in [7, 11) is 1.58. The van der Waals surface area contributed by atoms with Crippen molar-refractivity contribution in [1.29, 1.82) is 0 Å². The Labute approximate surface area is 121 Å². The van der Waals surface area contributed by atoms with E-state index >= 15 is 0 Å². The molecule has 21 heavy (non-hydrogen) atoms. The molecule has 0 fully saturated rings.